The van der Waals surface area contributed by atoms with Crippen LogP contribution in [-0.2, 0) is 6.42 Å². The van der Waals surface area contributed by atoms with Crippen LogP contribution in [-0.4, -0.2) is 10.5 Å². The summed E-state index contributed by atoms with van der Waals surface area (Å²) in [6.45, 7) is 4.39. The van der Waals surface area contributed by atoms with Gasteiger partial charge in [-0.1, -0.05) is 19.9 Å². The van der Waals surface area contributed by atoms with Gasteiger partial charge in [0, 0.05) is 23.3 Å². The Labute approximate surface area is 98.3 Å². The smallest absolute Gasteiger partial charge is 0.0484 e. The van der Waals surface area contributed by atoms with Gasteiger partial charge in [0.1, 0.15) is 0 Å². The molecule has 2 heteroatoms. The van der Waals surface area contributed by atoms with Crippen LogP contribution in [0.4, 0.5) is 0 Å². The van der Waals surface area contributed by atoms with E-state index in [1.54, 1.807) is 0 Å². The molecule has 0 amide bonds. The quantitative estimate of drug-likeness (QED) is 0.847. The molecule has 2 N–H and O–H groups in total. The standard InChI is InChI=1S/C14H22N2/c1-3-14(15,4-2)12-9-5-7-11-8-6-10-16-13(11)12/h6,8,10,12H,3-5,7,9,15H2,1-2H3. The van der Waals surface area contributed by atoms with Gasteiger partial charge in [-0.2, -0.15) is 0 Å². The van der Waals surface area contributed by atoms with Gasteiger partial charge in [-0.15, -0.1) is 0 Å². The number of hydrogen-bond donors (Lipinski definition) is 1. The molecular weight excluding hydrogens is 196 g/mol. The normalized spacial score (nSPS) is 20.6. The average Bonchev–Trinajstić information content (AvgIpc) is 2.37. The van der Waals surface area contributed by atoms with E-state index in [4.69, 9.17) is 5.73 Å². The molecule has 1 aromatic rings. The summed E-state index contributed by atoms with van der Waals surface area (Å²) >= 11 is 0. The molecule has 0 saturated carbocycles. The molecule has 2 nitrogen and oxygen atoms in total. The highest BCUT2D eigenvalue weighted by Crippen LogP contribution is 2.39. The number of aromatic nitrogens is 1. The second-order valence-corrected chi connectivity index (χ2v) is 4.93. The van der Waals surface area contributed by atoms with E-state index in [1.807, 2.05) is 12.3 Å². The molecule has 0 spiro atoms. The van der Waals surface area contributed by atoms with E-state index in [2.05, 4.69) is 24.9 Å². The van der Waals surface area contributed by atoms with Crippen molar-refractivity contribution < 1.29 is 0 Å². The number of aryl methyl sites for hydroxylation is 1. The molecule has 0 aliphatic heterocycles. The Morgan fingerprint density at radius 2 is 2.19 bits per heavy atom. The maximum absolute atomic E-state index is 6.55. The zero-order valence-electron chi connectivity index (χ0n) is 10.4. The summed E-state index contributed by atoms with van der Waals surface area (Å²) in [6.07, 6.45) is 7.59. The lowest BCUT2D eigenvalue weighted by Gasteiger charge is -2.39. The SMILES string of the molecule is CCC(N)(CC)C1CCCc2cccnc21. The number of nitrogens with two attached hydrogens (primary N) is 1. The van der Waals surface area contributed by atoms with Gasteiger partial charge < -0.3 is 5.73 Å². The van der Waals surface area contributed by atoms with Gasteiger partial charge in [0.05, 0.1) is 0 Å². The molecule has 1 aliphatic carbocycles. The van der Waals surface area contributed by atoms with Gasteiger partial charge in [0.15, 0.2) is 0 Å². The molecule has 1 atom stereocenters. The first kappa shape index (κ1) is 11.6. The first-order valence-corrected chi connectivity index (χ1v) is 6.44. The van der Waals surface area contributed by atoms with Crippen molar-refractivity contribution >= 4 is 0 Å². The fourth-order valence-corrected chi connectivity index (χ4v) is 2.91. The first-order valence-electron chi connectivity index (χ1n) is 6.44. The number of hydrogen-bond acceptors (Lipinski definition) is 2. The van der Waals surface area contributed by atoms with Crippen molar-refractivity contribution in [3.05, 3.63) is 29.6 Å². The Morgan fingerprint density at radius 1 is 1.44 bits per heavy atom. The van der Waals surface area contributed by atoms with Crippen LogP contribution in [0.3, 0.4) is 0 Å². The number of fused-ring (bicyclic) bond motifs is 1. The predicted octanol–water partition coefficient (Wildman–Crippen LogP) is 3.02. The minimum absolute atomic E-state index is 0.0659. The van der Waals surface area contributed by atoms with E-state index in [9.17, 15) is 0 Å². The molecule has 0 fully saturated rings. The van der Waals surface area contributed by atoms with Crippen LogP contribution < -0.4 is 5.73 Å². The van der Waals surface area contributed by atoms with E-state index in [0.717, 1.165) is 12.8 Å². The van der Waals surface area contributed by atoms with Crippen molar-refractivity contribution in [2.75, 3.05) is 0 Å². The highest BCUT2D eigenvalue weighted by atomic mass is 14.8. The van der Waals surface area contributed by atoms with Crippen molar-refractivity contribution in [1.82, 2.24) is 4.98 Å². The summed E-state index contributed by atoms with van der Waals surface area (Å²) in [5.41, 5.74) is 9.16. The summed E-state index contributed by atoms with van der Waals surface area (Å²) in [4.78, 5) is 4.58. The Morgan fingerprint density at radius 3 is 2.88 bits per heavy atom. The summed E-state index contributed by atoms with van der Waals surface area (Å²) in [5.74, 6) is 0.451. The minimum Gasteiger partial charge on any atom is -0.325 e. The van der Waals surface area contributed by atoms with Gasteiger partial charge >= 0.3 is 0 Å². The number of rotatable bonds is 3. The summed E-state index contributed by atoms with van der Waals surface area (Å²) in [6, 6.07) is 4.25. The van der Waals surface area contributed by atoms with Gasteiger partial charge in [0.25, 0.3) is 0 Å². The molecule has 88 valence electrons. The number of pyridine rings is 1. The predicted molar refractivity (Wildman–Crippen MR) is 67.4 cm³/mol. The van der Waals surface area contributed by atoms with Gasteiger partial charge in [0.2, 0.25) is 0 Å². The van der Waals surface area contributed by atoms with Crippen LogP contribution in [0.5, 0.6) is 0 Å². The van der Waals surface area contributed by atoms with Crippen molar-refractivity contribution in [1.29, 1.82) is 0 Å². The monoisotopic (exact) mass is 218 g/mol. The molecule has 0 saturated heterocycles. The highest BCUT2D eigenvalue weighted by molar-refractivity contribution is 5.29. The topological polar surface area (TPSA) is 38.9 Å². The lowest BCUT2D eigenvalue weighted by molar-refractivity contribution is 0.288. The highest BCUT2D eigenvalue weighted by Gasteiger charge is 2.36. The lowest BCUT2D eigenvalue weighted by atomic mass is 9.71. The zero-order valence-corrected chi connectivity index (χ0v) is 10.4. The van der Waals surface area contributed by atoms with Gasteiger partial charge in [-0.05, 0) is 43.7 Å². The molecule has 2 rings (SSSR count). The van der Waals surface area contributed by atoms with Crippen molar-refractivity contribution in [3.8, 4) is 0 Å². The third kappa shape index (κ3) is 1.86. The summed E-state index contributed by atoms with van der Waals surface area (Å²) < 4.78 is 0. The molecule has 16 heavy (non-hydrogen) atoms. The van der Waals surface area contributed by atoms with Crippen molar-refractivity contribution in [2.45, 2.75) is 57.4 Å². The molecule has 0 radical (unpaired) electrons. The molecule has 1 heterocycles. The van der Waals surface area contributed by atoms with Crippen LogP contribution in [0.15, 0.2) is 18.3 Å². The molecule has 1 aliphatic rings. The Kier molecular flexibility index (Phi) is 3.29. The van der Waals surface area contributed by atoms with Gasteiger partial charge in [-0.25, -0.2) is 0 Å². The van der Waals surface area contributed by atoms with Crippen LogP contribution in [0.2, 0.25) is 0 Å². The van der Waals surface area contributed by atoms with Crippen LogP contribution >= 0.6 is 0 Å². The average molecular weight is 218 g/mol. The van der Waals surface area contributed by atoms with E-state index < -0.39 is 0 Å². The third-order valence-electron chi connectivity index (χ3n) is 4.21. The van der Waals surface area contributed by atoms with Crippen molar-refractivity contribution in [2.24, 2.45) is 5.73 Å². The van der Waals surface area contributed by atoms with Crippen LogP contribution in [0.1, 0.15) is 56.7 Å². The fraction of sp³-hybridized carbons (Fsp3) is 0.643. The minimum atomic E-state index is -0.0659. The molecule has 0 aromatic carbocycles. The largest absolute Gasteiger partial charge is 0.325 e. The van der Waals surface area contributed by atoms with Crippen molar-refractivity contribution in [3.63, 3.8) is 0 Å². The van der Waals surface area contributed by atoms with E-state index in [0.29, 0.717) is 5.92 Å². The second-order valence-electron chi connectivity index (χ2n) is 4.93. The molecular formula is C14H22N2. The lowest BCUT2D eigenvalue weighted by Crippen LogP contribution is -2.46. The van der Waals surface area contributed by atoms with E-state index in [-0.39, 0.29) is 5.54 Å². The Bertz CT molecular complexity index is 356. The fourth-order valence-electron chi connectivity index (χ4n) is 2.91. The first-order chi connectivity index (χ1) is 7.71. The zero-order chi connectivity index (χ0) is 11.6. The van der Waals surface area contributed by atoms with Crippen LogP contribution in [0, 0.1) is 0 Å². The van der Waals surface area contributed by atoms with Crippen LogP contribution in [0.25, 0.3) is 0 Å². The van der Waals surface area contributed by atoms with Gasteiger partial charge in [-0.3, -0.25) is 4.98 Å². The number of nitrogens with zero attached hydrogens (tertiary/aromatic N) is 1. The maximum atomic E-state index is 6.55. The molecule has 1 unspecified atom stereocenters. The van der Waals surface area contributed by atoms with E-state index >= 15 is 0 Å². The molecule has 0 bridgehead atoms. The maximum Gasteiger partial charge on any atom is 0.0484 e. The molecule has 1 aromatic heterocycles. The Balaban J connectivity index is 2.38. The third-order valence-corrected chi connectivity index (χ3v) is 4.21. The summed E-state index contributed by atoms with van der Waals surface area (Å²) in [5, 5.41) is 0. The van der Waals surface area contributed by atoms with E-state index in [1.165, 1.54) is 30.5 Å². The Hall–Kier alpha value is -0.890. The summed E-state index contributed by atoms with van der Waals surface area (Å²) in [7, 11) is 0. The second kappa shape index (κ2) is 4.54.